The second kappa shape index (κ2) is 7.83. The molecule has 3 heterocycles. The molecule has 27 heavy (non-hydrogen) atoms. The molecule has 142 valence electrons. The van der Waals surface area contributed by atoms with Crippen molar-refractivity contribution in [1.82, 2.24) is 24.5 Å². The highest BCUT2D eigenvalue weighted by Crippen LogP contribution is 2.25. The molecule has 0 radical (unpaired) electrons. The van der Waals surface area contributed by atoms with Crippen molar-refractivity contribution in [3.05, 3.63) is 36.7 Å². The first-order chi connectivity index (χ1) is 13.2. The van der Waals surface area contributed by atoms with E-state index in [1.165, 1.54) is 25.0 Å². The summed E-state index contributed by atoms with van der Waals surface area (Å²) in [5.74, 6) is 1.18. The zero-order chi connectivity index (χ0) is 18.6. The summed E-state index contributed by atoms with van der Waals surface area (Å²) >= 11 is 0. The number of rotatable bonds is 7. The van der Waals surface area contributed by atoms with Gasteiger partial charge in [0.2, 0.25) is 5.88 Å². The normalized spacial score (nSPS) is 14.9. The summed E-state index contributed by atoms with van der Waals surface area (Å²) in [7, 11) is 0. The quantitative estimate of drug-likeness (QED) is 0.633. The lowest BCUT2D eigenvalue weighted by atomic mass is 10.2. The molecule has 0 N–H and O–H groups in total. The second-order valence-electron chi connectivity index (χ2n) is 6.26. The van der Waals surface area contributed by atoms with Gasteiger partial charge in [0.05, 0.1) is 12.4 Å². The molecule has 4 rings (SSSR count). The maximum atomic E-state index is 12.3. The van der Waals surface area contributed by atoms with Crippen LogP contribution in [0.2, 0.25) is 0 Å². The topological polar surface area (TPSA) is 64.8 Å². The lowest BCUT2D eigenvalue weighted by Crippen LogP contribution is -2.25. The Morgan fingerprint density at radius 3 is 2.56 bits per heavy atom. The van der Waals surface area contributed by atoms with E-state index < -0.39 is 6.61 Å². The number of likely N-dealkylation sites (tertiary alicyclic amines) is 1. The number of halogens is 2. The largest absolute Gasteiger partial charge is 0.476 e. The smallest absolute Gasteiger partial charge is 0.387 e. The standard InChI is InChI=1S/C18H19F2N5O2/c19-18(20)27-14-5-3-13(4-6-14)17-23-22-15-11-21-12-16(25(15)17)26-10-9-24-7-1-2-8-24/h3-6,11-12,18H,1-2,7-10H2. The first-order valence-electron chi connectivity index (χ1n) is 8.80. The number of hydrogen-bond donors (Lipinski definition) is 0. The minimum absolute atomic E-state index is 0.0892. The molecule has 1 aromatic carbocycles. The van der Waals surface area contributed by atoms with Crippen molar-refractivity contribution in [3.8, 4) is 23.0 Å². The number of hydrogen-bond acceptors (Lipinski definition) is 6. The predicted molar refractivity (Wildman–Crippen MR) is 94.0 cm³/mol. The van der Waals surface area contributed by atoms with Crippen LogP contribution in [0.3, 0.4) is 0 Å². The van der Waals surface area contributed by atoms with E-state index >= 15 is 0 Å². The molecule has 0 aliphatic carbocycles. The summed E-state index contributed by atoms with van der Waals surface area (Å²) in [4.78, 5) is 6.52. The van der Waals surface area contributed by atoms with Gasteiger partial charge in [0, 0.05) is 12.1 Å². The van der Waals surface area contributed by atoms with E-state index in [-0.39, 0.29) is 5.75 Å². The molecule has 1 saturated heterocycles. The van der Waals surface area contributed by atoms with Crippen LogP contribution in [0.1, 0.15) is 12.8 Å². The molecule has 1 aliphatic rings. The molecule has 1 aliphatic heterocycles. The van der Waals surface area contributed by atoms with Crippen molar-refractivity contribution in [1.29, 1.82) is 0 Å². The van der Waals surface area contributed by atoms with E-state index in [1.807, 2.05) is 0 Å². The molecular weight excluding hydrogens is 356 g/mol. The van der Waals surface area contributed by atoms with Crippen molar-refractivity contribution in [2.24, 2.45) is 0 Å². The minimum Gasteiger partial charge on any atom is -0.476 e. The van der Waals surface area contributed by atoms with E-state index in [9.17, 15) is 8.78 Å². The lowest BCUT2D eigenvalue weighted by Gasteiger charge is -2.15. The van der Waals surface area contributed by atoms with Gasteiger partial charge in [-0.1, -0.05) is 0 Å². The van der Waals surface area contributed by atoms with E-state index in [2.05, 4.69) is 24.8 Å². The van der Waals surface area contributed by atoms with Gasteiger partial charge in [0.15, 0.2) is 11.5 Å². The number of nitrogens with zero attached hydrogens (tertiary/aromatic N) is 5. The number of benzene rings is 1. The highest BCUT2D eigenvalue weighted by Gasteiger charge is 2.15. The Morgan fingerprint density at radius 1 is 1.04 bits per heavy atom. The van der Waals surface area contributed by atoms with E-state index in [1.54, 1.807) is 28.9 Å². The van der Waals surface area contributed by atoms with E-state index in [0.29, 0.717) is 29.5 Å². The second-order valence-corrected chi connectivity index (χ2v) is 6.26. The molecule has 9 heteroatoms. The van der Waals surface area contributed by atoms with Gasteiger partial charge >= 0.3 is 6.61 Å². The fraction of sp³-hybridized carbons (Fsp3) is 0.389. The summed E-state index contributed by atoms with van der Waals surface area (Å²) in [6, 6.07) is 6.25. The van der Waals surface area contributed by atoms with Crippen molar-refractivity contribution in [2.45, 2.75) is 19.5 Å². The van der Waals surface area contributed by atoms with Crippen molar-refractivity contribution < 1.29 is 18.3 Å². The molecule has 0 unspecified atom stereocenters. The van der Waals surface area contributed by atoms with Gasteiger partial charge in [-0.3, -0.25) is 9.88 Å². The highest BCUT2D eigenvalue weighted by molar-refractivity contribution is 5.61. The molecular formula is C18H19F2N5O2. The van der Waals surface area contributed by atoms with Crippen LogP contribution in [0.25, 0.3) is 17.0 Å². The molecule has 0 saturated carbocycles. The molecule has 0 amide bonds. The molecule has 7 nitrogen and oxygen atoms in total. The van der Waals surface area contributed by atoms with Crippen LogP contribution >= 0.6 is 0 Å². The van der Waals surface area contributed by atoms with Gasteiger partial charge in [-0.05, 0) is 50.2 Å². The van der Waals surface area contributed by atoms with Crippen molar-refractivity contribution in [2.75, 3.05) is 26.2 Å². The minimum atomic E-state index is -2.86. The Balaban J connectivity index is 1.56. The number of fused-ring (bicyclic) bond motifs is 1. The highest BCUT2D eigenvalue weighted by atomic mass is 19.3. The molecule has 0 bridgehead atoms. The third kappa shape index (κ3) is 3.97. The molecule has 2 aromatic heterocycles. The summed E-state index contributed by atoms with van der Waals surface area (Å²) in [5.41, 5.74) is 1.26. The Kier molecular flexibility index (Phi) is 5.10. The fourth-order valence-corrected chi connectivity index (χ4v) is 3.18. The van der Waals surface area contributed by atoms with Gasteiger partial charge in [-0.2, -0.15) is 8.78 Å². The van der Waals surface area contributed by atoms with Crippen LogP contribution < -0.4 is 9.47 Å². The number of aromatic nitrogens is 4. The van der Waals surface area contributed by atoms with Crippen LogP contribution in [0.15, 0.2) is 36.7 Å². The maximum absolute atomic E-state index is 12.3. The maximum Gasteiger partial charge on any atom is 0.387 e. The third-order valence-electron chi connectivity index (χ3n) is 4.48. The third-order valence-corrected chi connectivity index (χ3v) is 4.48. The Morgan fingerprint density at radius 2 is 1.81 bits per heavy atom. The van der Waals surface area contributed by atoms with Crippen LogP contribution in [-0.2, 0) is 0 Å². The van der Waals surface area contributed by atoms with Crippen LogP contribution in [0, 0.1) is 0 Å². The van der Waals surface area contributed by atoms with Crippen molar-refractivity contribution >= 4 is 5.65 Å². The van der Waals surface area contributed by atoms with Crippen LogP contribution in [-0.4, -0.2) is 57.3 Å². The SMILES string of the molecule is FC(F)Oc1ccc(-c2nnc3cncc(OCCN4CCCC4)n23)cc1. The summed E-state index contributed by atoms with van der Waals surface area (Å²) in [6.07, 6.45) is 5.69. The molecule has 0 spiro atoms. The monoisotopic (exact) mass is 375 g/mol. The molecule has 1 fully saturated rings. The Labute approximate surface area is 154 Å². The Bertz CT molecular complexity index is 894. The van der Waals surface area contributed by atoms with Gasteiger partial charge in [0.25, 0.3) is 0 Å². The van der Waals surface area contributed by atoms with Gasteiger partial charge in [0.1, 0.15) is 12.4 Å². The zero-order valence-electron chi connectivity index (χ0n) is 14.6. The van der Waals surface area contributed by atoms with Crippen LogP contribution in [0.5, 0.6) is 11.6 Å². The Hall–Kier alpha value is -2.81. The van der Waals surface area contributed by atoms with E-state index in [0.717, 1.165) is 19.6 Å². The predicted octanol–water partition coefficient (Wildman–Crippen LogP) is 2.87. The molecule has 0 atom stereocenters. The summed E-state index contributed by atoms with van der Waals surface area (Å²) in [6.45, 7) is 0.757. The summed E-state index contributed by atoms with van der Waals surface area (Å²) < 4.78 is 36.7. The van der Waals surface area contributed by atoms with Crippen molar-refractivity contribution in [3.63, 3.8) is 0 Å². The number of ether oxygens (including phenoxy) is 2. The average molecular weight is 375 g/mol. The van der Waals surface area contributed by atoms with Crippen LogP contribution in [0.4, 0.5) is 8.78 Å². The fourth-order valence-electron chi connectivity index (χ4n) is 3.18. The first-order valence-corrected chi connectivity index (χ1v) is 8.80. The zero-order valence-corrected chi connectivity index (χ0v) is 14.6. The van der Waals surface area contributed by atoms with Gasteiger partial charge in [-0.25, -0.2) is 4.40 Å². The summed E-state index contributed by atoms with van der Waals surface area (Å²) in [5, 5.41) is 8.32. The van der Waals surface area contributed by atoms with Gasteiger partial charge in [-0.15, -0.1) is 10.2 Å². The average Bonchev–Trinajstić information content (AvgIpc) is 3.32. The van der Waals surface area contributed by atoms with Gasteiger partial charge < -0.3 is 9.47 Å². The lowest BCUT2D eigenvalue weighted by molar-refractivity contribution is -0.0498. The van der Waals surface area contributed by atoms with E-state index in [4.69, 9.17) is 4.74 Å². The molecule has 3 aromatic rings. The number of alkyl halides is 2. The first kappa shape index (κ1) is 17.6.